The predicted octanol–water partition coefficient (Wildman–Crippen LogP) is 4.62. The summed E-state index contributed by atoms with van der Waals surface area (Å²) in [6, 6.07) is 5.12. The minimum absolute atomic E-state index is 0.0610. The molecule has 3 rings (SSSR count). The Hall–Kier alpha value is -2.13. The van der Waals surface area contributed by atoms with Crippen molar-refractivity contribution in [1.29, 1.82) is 0 Å². The molecule has 0 atom stereocenters. The van der Waals surface area contributed by atoms with E-state index in [9.17, 15) is 9.90 Å². The number of rotatable bonds is 4. The second-order valence-electron chi connectivity index (χ2n) is 5.16. The summed E-state index contributed by atoms with van der Waals surface area (Å²) >= 11 is 14.4. The van der Waals surface area contributed by atoms with E-state index in [1.54, 1.807) is 30.5 Å². The minimum atomic E-state index is -0.419. The minimum Gasteiger partial charge on any atom is -0.506 e. The molecule has 26 heavy (non-hydrogen) atoms. The van der Waals surface area contributed by atoms with Gasteiger partial charge in [-0.2, -0.15) is 5.10 Å². The van der Waals surface area contributed by atoms with E-state index >= 15 is 0 Å². The number of aromatic nitrogens is 1. The number of carbonyl (C=O) groups is 1. The fraction of sp³-hybridized carbons (Fsp3) is 0.0625. The van der Waals surface area contributed by atoms with Crippen molar-refractivity contribution in [3.8, 4) is 16.2 Å². The van der Waals surface area contributed by atoms with E-state index in [1.807, 2.05) is 0 Å². The molecule has 2 aromatic heterocycles. The van der Waals surface area contributed by atoms with Crippen LogP contribution in [0.1, 0.15) is 22.2 Å². The van der Waals surface area contributed by atoms with Crippen LogP contribution in [-0.2, 0) is 0 Å². The fourth-order valence-corrected chi connectivity index (χ4v) is 3.97. The van der Waals surface area contributed by atoms with Crippen molar-refractivity contribution in [2.24, 2.45) is 5.10 Å². The number of nitrogens with zero attached hydrogens (tertiary/aromatic N) is 2. The number of thiazole rings is 1. The number of amides is 1. The molecule has 2 heterocycles. The van der Waals surface area contributed by atoms with Crippen molar-refractivity contribution in [2.45, 2.75) is 6.92 Å². The third-order valence-corrected chi connectivity index (χ3v) is 5.99. The molecule has 1 aromatic carbocycles. The zero-order valence-corrected chi connectivity index (χ0v) is 16.4. The lowest BCUT2D eigenvalue weighted by atomic mass is 10.1. The maximum atomic E-state index is 12.0. The molecule has 4 N–H and O–H groups in total. The standard InChI is InChI=1S/C16H12Cl2N4O2S2/c1-7(21-22-15(24)12-5-20-16(19)26-12)9-6-25-14(13(9)23)8-2-3-10(17)11(18)4-8/h2-6,23H,1H3,(H2,19,20)(H,22,24)/b21-7+. The van der Waals surface area contributed by atoms with Gasteiger partial charge < -0.3 is 10.8 Å². The number of thiophene rings is 1. The van der Waals surface area contributed by atoms with Gasteiger partial charge in [0.05, 0.1) is 32.4 Å². The number of aromatic hydroxyl groups is 1. The largest absolute Gasteiger partial charge is 0.506 e. The first-order valence-corrected chi connectivity index (χ1v) is 9.64. The van der Waals surface area contributed by atoms with Crippen LogP contribution in [0.3, 0.4) is 0 Å². The number of anilines is 1. The number of hydrazone groups is 1. The van der Waals surface area contributed by atoms with Crippen LogP contribution < -0.4 is 11.2 Å². The van der Waals surface area contributed by atoms with E-state index < -0.39 is 5.91 Å². The third kappa shape index (κ3) is 3.83. The van der Waals surface area contributed by atoms with Crippen molar-refractivity contribution in [3.05, 3.63) is 50.3 Å². The molecule has 1 amide bonds. The van der Waals surface area contributed by atoms with Gasteiger partial charge in [-0.3, -0.25) is 4.79 Å². The molecule has 0 fully saturated rings. The fourth-order valence-electron chi connectivity index (χ4n) is 2.09. The number of hydrogen-bond acceptors (Lipinski definition) is 7. The summed E-state index contributed by atoms with van der Waals surface area (Å²) < 4.78 is 0. The summed E-state index contributed by atoms with van der Waals surface area (Å²) in [6.45, 7) is 1.68. The van der Waals surface area contributed by atoms with Crippen LogP contribution in [-0.4, -0.2) is 21.7 Å². The first kappa shape index (κ1) is 18.7. The van der Waals surface area contributed by atoms with Gasteiger partial charge in [0, 0.05) is 5.38 Å². The summed E-state index contributed by atoms with van der Waals surface area (Å²) in [5.74, 6) is -0.358. The molecule has 0 radical (unpaired) electrons. The first-order valence-electron chi connectivity index (χ1n) is 7.19. The van der Waals surface area contributed by atoms with Crippen molar-refractivity contribution >= 4 is 62.6 Å². The van der Waals surface area contributed by atoms with E-state index in [4.69, 9.17) is 28.9 Å². The van der Waals surface area contributed by atoms with Gasteiger partial charge >= 0.3 is 0 Å². The first-order chi connectivity index (χ1) is 12.4. The molecule has 0 saturated carbocycles. The molecule has 3 aromatic rings. The zero-order valence-electron chi connectivity index (χ0n) is 13.3. The molecule has 0 saturated heterocycles. The van der Waals surface area contributed by atoms with Crippen molar-refractivity contribution in [2.75, 3.05) is 5.73 Å². The van der Waals surface area contributed by atoms with Crippen molar-refractivity contribution in [1.82, 2.24) is 10.4 Å². The van der Waals surface area contributed by atoms with Gasteiger partial charge in [-0.15, -0.1) is 11.3 Å². The van der Waals surface area contributed by atoms with Crippen LogP contribution in [0.4, 0.5) is 5.13 Å². The second kappa shape index (κ2) is 7.63. The Morgan fingerprint density at radius 2 is 2.12 bits per heavy atom. The van der Waals surface area contributed by atoms with Crippen LogP contribution >= 0.6 is 45.9 Å². The highest BCUT2D eigenvalue weighted by molar-refractivity contribution is 7.17. The van der Waals surface area contributed by atoms with Gasteiger partial charge in [0.1, 0.15) is 10.6 Å². The van der Waals surface area contributed by atoms with E-state index in [0.29, 0.717) is 36.2 Å². The monoisotopic (exact) mass is 426 g/mol. The lowest BCUT2D eigenvalue weighted by Gasteiger charge is -2.04. The van der Waals surface area contributed by atoms with Crippen LogP contribution in [0.15, 0.2) is 34.9 Å². The summed E-state index contributed by atoms with van der Waals surface area (Å²) in [5.41, 5.74) is 9.64. The molecule has 0 aliphatic heterocycles. The van der Waals surface area contributed by atoms with Crippen molar-refractivity contribution < 1.29 is 9.90 Å². The number of benzene rings is 1. The summed E-state index contributed by atoms with van der Waals surface area (Å²) in [7, 11) is 0. The zero-order chi connectivity index (χ0) is 18.8. The number of nitrogens with one attached hydrogen (secondary N) is 1. The average molecular weight is 427 g/mol. The number of carbonyl (C=O) groups excluding carboxylic acids is 1. The Morgan fingerprint density at radius 1 is 1.35 bits per heavy atom. The molecule has 0 spiro atoms. The van der Waals surface area contributed by atoms with Crippen LogP contribution in [0.5, 0.6) is 5.75 Å². The predicted molar refractivity (Wildman–Crippen MR) is 108 cm³/mol. The van der Waals surface area contributed by atoms with Gasteiger partial charge in [0.2, 0.25) is 0 Å². The van der Waals surface area contributed by atoms with E-state index in [-0.39, 0.29) is 5.75 Å². The highest BCUT2D eigenvalue weighted by Gasteiger charge is 2.16. The normalized spacial score (nSPS) is 11.6. The lowest BCUT2D eigenvalue weighted by molar-refractivity contribution is 0.0958. The average Bonchev–Trinajstić information content (AvgIpc) is 3.21. The van der Waals surface area contributed by atoms with Gasteiger partial charge in [-0.1, -0.05) is 40.6 Å². The van der Waals surface area contributed by atoms with E-state index in [0.717, 1.165) is 16.9 Å². The molecule has 134 valence electrons. The van der Waals surface area contributed by atoms with Gasteiger partial charge in [0.25, 0.3) is 5.91 Å². The highest BCUT2D eigenvalue weighted by atomic mass is 35.5. The summed E-state index contributed by atoms with van der Waals surface area (Å²) in [6.07, 6.45) is 1.38. The Morgan fingerprint density at radius 3 is 2.77 bits per heavy atom. The lowest BCUT2D eigenvalue weighted by Crippen LogP contribution is -2.18. The number of hydrogen-bond donors (Lipinski definition) is 3. The molecule has 0 aliphatic carbocycles. The smallest absolute Gasteiger partial charge is 0.283 e. The summed E-state index contributed by atoms with van der Waals surface area (Å²) in [5, 5.41) is 17.4. The van der Waals surface area contributed by atoms with Crippen LogP contribution in [0, 0.1) is 0 Å². The van der Waals surface area contributed by atoms with Crippen molar-refractivity contribution in [3.63, 3.8) is 0 Å². The molecule has 6 nitrogen and oxygen atoms in total. The van der Waals surface area contributed by atoms with Gasteiger partial charge in [0.15, 0.2) is 5.13 Å². The quantitative estimate of drug-likeness (QED) is 0.418. The Bertz CT molecular complexity index is 1010. The number of nitrogens with two attached hydrogens (primary N) is 1. The SMILES string of the molecule is C/C(=N\NC(=O)c1cnc(N)s1)c1csc(-c2ccc(Cl)c(Cl)c2)c1O. The summed E-state index contributed by atoms with van der Waals surface area (Å²) in [4.78, 5) is 16.8. The highest BCUT2D eigenvalue weighted by Crippen LogP contribution is 2.40. The molecule has 0 unspecified atom stereocenters. The van der Waals surface area contributed by atoms with Crippen LogP contribution in [0.25, 0.3) is 10.4 Å². The molecular formula is C16H12Cl2N4O2S2. The number of halogens is 2. The van der Waals surface area contributed by atoms with Gasteiger partial charge in [-0.05, 0) is 24.6 Å². The maximum Gasteiger partial charge on any atom is 0.283 e. The molecule has 0 bridgehead atoms. The second-order valence-corrected chi connectivity index (χ2v) is 7.91. The molecule has 10 heteroatoms. The topological polar surface area (TPSA) is 101 Å². The van der Waals surface area contributed by atoms with E-state index in [1.165, 1.54) is 17.5 Å². The van der Waals surface area contributed by atoms with Crippen LogP contribution in [0.2, 0.25) is 10.0 Å². The van der Waals surface area contributed by atoms with Gasteiger partial charge in [-0.25, -0.2) is 10.4 Å². The molecule has 0 aliphatic rings. The Kier molecular flexibility index (Phi) is 5.47. The maximum absolute atomic E-state index is 12.0. The van der Waals surface area contributed by atoms with E-state index in [2.05, 4.69) is 15.5 Å². The third-order valence-electron chi connectivity index (χ3n) is 3.41. The number of nitrogen functional groups attached to an aromatic ring is 1. The molecular weight excluding hydrogens is 415 g/mol. The Balaban J connectivity index is 1.82. The Labute approximate surface area is 166 Å².